The molecule has 2 aromatic rings. The zero-order valence-electron chi connectivity index (χ0n) is 9.89. The van der Waals surface area contributed by atoms with Gasteiger partial charge >= 0.3 is 6.03 Å². The van der Waals surface area contributed by atoms with E-state index in [1.807, 2.05) is 30.3 Å². The summed E-state index contributed by atoms with van der Waals surface area (Å²) < 4.78 is 10.7. The summed E-state index contributed by atoms with van der Waals surface area (Å²) >= 11 is 0. The van der Waals surface area contributed by atoms with Gasteiger partial charge in [-0.2, -0.15) is 0 Å². The van der Waals surface area contributed by atoms with Crippen molar-refractivity contribution in [1.82, 2.24) is 4.90 Å². The molecule has 0 saturated carbocycles. The normalized spacial score (nSPS) is 15.9. The van der Waals surface area contributed by atoms with Crippen LogP contribution in [0.4, 0.5) is 10.7 Å². The second-order valence-corrected chi connectivity index (χ2v) is 4.18. The van der Waals surface area contributed by atoms with E-state index in [4.69, 9.17) is 9.15 Å². The SMILES string of the molecule is O=C(Nc1cc2ccccc2o1)N1CCOCC1. The number of benzene rings is 1. The van der Waals surface area contributed by atoms with Crippen molar-refractivity contribution in [3.05, 3.63) is 30.3 Å². The molecule has 1 aliphatic heterocycles. The summed E-state index contributed by atoms with van der Waals surface area (Å²) in [6.07, 6.45) is 0. The van der Waals surface area contributed by atoms with E-state index in [2.05, 4.69) is 5.32 Å². The number of carbonyl (C=O) groups excluding carboxylic acids is 1. The molecule has 1 aliphatic rings. The van der Waals surface area contributed by atoms with Crippen LogP contribution in [0.25, 0.3) is 11.0 Å². The highest BCUT2D eigenvalue weighted by Crippen LogP contribution is 2.22. The van der Waals surface area contributed by atoms with Crippen molar-refractivity contribution in [3.8, 4) is 0 Å². The van der Waals surface area contributed by atoms with Crippen molar-refractivity contribution in [1.29, 1.82) is 0 Å². The Hall–Kier alpha value is -2.01. The van der Waals surface area contributed by atoms with Crippen molar-refractivity contribution < 1.29 is 13.9 Å². The Morgan fingerprint density at radius 1 is 1.22 bits per heavy atom. The van der Waals surface area contributed by atoms with E-state index in [1.54, 1.807) is 4.90 Å². The van der Waals surface area contributed by atoms with Gasteiger partial charge in [-0.15, -0.1) is 0 Å². The number of furan rings is 1. The monoisotopic (exact) mass is 246 g/mol. The van der Waals surface area contributed by atoms with Crippen LogP contribution in [0, 0.1) is 0 Å². The lowest BCUT2D eigenvalue weighted by atomic mass is 10.3. The van der Waals surface area contributed by atoms with E-state index in [-0.39, 0.29) is 6.03 Å². The quantitative estimate of drug-likeness (QED) is 0.840. The number of rotatable bonds is 1. The van der Waals surface area contributed by atoms with Gasteiger partial charge in [-0.1, -0.05) is 18.2 Å². The molecule has 0 atom stereocenters. The first-order chi connectivity index (χ1) is 8.83. The van der Waals surface area contributed by atoms with Crippen LogP contribution in [-0.2, 0) is 4.74 Å². The number of fused-ring (bicyclic) bond motifs is 1. The first kappa shape index (κ1) is 11.1. The van der Waals surface area contributed by atoms with Gasteiger partial charge in [0.15, 0.2) is 0 Å². The van der Waals surface area contributed by atoms with Gasteiger partial charge in [-0.25, -0.2) is 4.79 Å². The smallest absolute Gasteiger partial charge is 0.324 e. The Labute approximate surface area is 104 Å². The molecule has 3 rings (SSSR count). The van der Waals surface area contributed by atoms with E-state index >= 15 is 0 Å². The summed E-state index contributed by atoms with van der Waals surface area (Å²) in [6, 6.07) is 9.35. The van der Waals surface area contributed by atoms with Gasteiger partial charge in [-0.05, 0) is 6.07 Å². The maximum Gasteiger partial charge on any atom is 0.324 e. The molecule has 1 N–H and O–H groups in total. The third-order valence-corrected chi connectivity index (χ3v) is 2.95. The maximum absolute atomic E-state index is 11.9. The van der Waals surface area contributed by atoms with Crippen LogP contribution in [0.2, 0.25) is 0 Å². The molecule has 1 saturated heterocycles. The summed E-state index contributed by atoms with van der Waals surface area (Å²) in [5.41, 5.74) is 0.773. The van der Waals surface area contributed by atoms with Crippen molar-refractivity contribution in [2.75, 3.05) is 31.6 Å². The van der Waals surface area contributed by atoms with Crippen molar-refractivity contribution in [2.24, 2.45) is 0 Å². The fraction of sp³-hybridized carbons (Fsp3) is 0.308. The highest BCUT2D eigenvalue weighted by molar-refractivity contribution is 5.91. The zero-order chi connectivity index (χ0) is 12.4. The Morgan fingerprint density at radius 2 is 2.00 bits per heavy atom. The number of nitrogens with zero attached hydrogens (tertiary/aromatic N) is 1. The third kappa shape index (κ3) is 2.17. The molecular weight excluding hydrogens is 232 g/mol. The highest BCUT2D eigenvalue weighted by Gasteiger charge is 2.17. The summed E-state index contributed by atoms with van der Waals surface area (Å²) in [4.78, 5) is 13.7. The molecule has 94 valence electrons. The molecule has 2 amide bonds. The van der Waals surface area contributed by atoms with Gasteiger partial charge in [-0.3, -0.25) is 5.32 Å². The van der Waals surface area contributed by atoms with Crippen LogP contribution in [0.3, 0.4) is 0 Å². The molecule has 1 aromatic heterocycles. The predicted molar refractivity (Wildman–Crippen MR) is 67.6 cm³/mol. The lowest BCUT2D eigenvalue weighted by Crippen LogP contribution is -2.42. The average molecular weight is 246 g/mol. The summed E-state index contributed by atoms with van der Waals surface area (Å²) in [5, 5.41) is 3.75. The topological polar surface area (TPSA) is 54.7 Å². The molecule has 0 radical (unpaired) electrons. The van der Waals surface area contributed by atoms with Gasteiger partial charge in [0, 0.05) is 24.5 Å². The minimum Gasteiger partial charge on any atom is -0.440 e. The molecule has 5 nitrogen and oxygen atoms in total. The first-order valence-corrected chi connectivity index (χ1v) is 5.95. The molecule has 0 aliphatic carbocycles. The Kier molecular flexibility index (Phi) is 2.90. The van der Waals surface area contributed by atoms with Crippen LogP contribution in [0.15, 0.2) is 34.7 Å². The summed E-state index contributed by atoms with van der Waals surface area (Å²) in [7, 11) is 0. The number of para-hydroxylation sites is 1. The molecule has 0 bridgehead atoms. The number of ether oxygens (including phenoxy) is 1. The standard InChI is InChI=1S/C13H14N2O3/c16-13(15-5-7-17-8-6-15)14-12-9-10-3-1-2-4-11(10)18-12/h1-4,9H,5-8H2,(H,14,16). The first-order valence-electron chi connectivity index (χ1n) is 5.95. The van der Waals surface area contributed by atoms with E-state index < -0.39 is 0 Å². The molecule has 1 aromatic carbocycles. The molecule has 2 heterocycles. The van der Waals surface area contributed by atoms with Gasteiger partial charge < -0.3 is 14.1 Å². The average Bonchev–Trinajstić information content (AvgIpc) is 2.82. The Balaban J connectivity index is 1.73. The molecule has 5 heteroatoms. The minimum atomic E-state index is -0.141. The number of nitrogens with one attached hydrogen (secondary N) is 1. The van der Waals surface area contributed by atoms with Crippen LogP contribution in [-0.4, -0.2) is 37.2 Å². The lowest BCUT2D eigenvalue weighted by molar-refractivity contribution is 0.0564. The van der Waals surface area contributed by atoms with Crippen LogP contribution >= 0.6 is 0 Å². The minimum absolute atomic E-state index is 0.141. The molecular formula is C13H14N2O3. The van der Waals surface area contributed by atoms with E-state index in [9.17, 15) is 4.79 Å². The van der Waals surface area contributed by atoms with Crippen molar-refractivity contribution >= 4 is 22.9 Å². The number of hydrogen-bond donors (Lipinski definition) is 1. The molecule has 18 heavy (non-hydrogen) atoms. The highest BCUT2D eigenvalue weighted by atomic mass is 16.5. The molecule has 0 unspecified atom stereocenters. The number of anilines is 1. The number of morpholine rings is 1. The fourth-order valence-electron chi connectivity index (χ4n) is 1.99. The predicted octanol–water partition coefficient (Wildman–Crippen LogP) is 2.30. The van der Waals surface area contributed by atoms with Crippen molar-refractivity contribution in [2.45, 2.75) is 0 Å². The Bertz CT molecular complexity index is 525. The van der Waals surface area contributed by atoms with E-state index in [1.165, 1.54) is 0 Å². The van der Waals surface area contributed by atoms with Gasteiger partial charge in [0.05, 0.1) is 13.2 Å². The van der Waals surface area contributed by atoms with Crippen LogP contribution in [0.5, 0.6) is 0 Å². The summed E-state index contributed by atoms with van der Waals surface area (Å²) in [5.74, 6) is 0.479. The molecule has 0 spiro atoms. The maximum atomic E-state index is 11.9. The number of urea groups is 1. The van der Waals surface area contributed by atoms with Gasteiger partial charge in [0.2, 0.25) is 5.88 Å². The number of amides is 2. The number of carbonyl (C=O) groups is 1. The number of hydrogen-bond acceptors (Lipinski definition) is 3. The van der Waals surface area contributed by atoms with E-state index in [0.29, 0.717) is 32.2 Å². The second kappa shape index (κ2) is 4.70. The summed E-state index contributed by atoms with van der Waals surface area (Å²) in [6.45, 7) is 2.42. The van der Waals surface area contributed by atoms with Crippen molar-refractivity contribution in [3.63, 3.8) is 0 Å². The van der Waals surface area contributed by atoms with E-state index in [0.717, 1.165) is 11.0 Å². The fourth-order valence-corrected chi connectivity index (χ4v) is 1.99. The largest absolute Gasteiger partial charge is 0.440 e. The second-order valence-electron chi connectivity index (χ2n) is 4.18. The van der Waals surface area contributed by atoms with Gasteiger partial charge in [0.25, 0.3) is 0 Å². The lowest BCUT2D eigenvalue weighted by Gasteiger charge is -2.26. The molecule has 1 fully saturated rings. The van der Waals surface area contributed by atoms with Crippen LogP contribution in [0.1, 0.15) is 0 Å². The Morgan fingerprint density at radius 3 is 2.78 bits per heavy atom. The van der Waals surface area contributed by atoms with Gasteiger partial charge in [0.1, 0.15) is 5.58 Å². The zero-order valence-corrected chi connectivity index (χ0v) is 9.89. The third-order valence-electron chi connectivity index (χ3n) is 2.95. The van der Waals surface area contributed by atoms with Crippen LogP contribution < -0.4 is 5.32 Å².